The van der Waals surface area contributed by atoms with E-state index in [-0.39, 0.29) is 5.78 Å². The van der Waals surface area contributed by atoms with Gasteiger partial charge in [0.05, 0.1) is 0 Å². The molecule has 0 aliphatic carbocycles. The fraction of sp³-hybridized carbons (Fsp3) is 0.0833. The number of hydrogen-bond acceptors (Lipinski definition) is 1. The van der Waals surface area contributed by atoms with Gasteiger partial charge >= 0.3 is 0 Å². The summed E-state index contributed by atoms with van der Waals surface area (Å²) in [5, 5.41) is 0.662. The molecule has 0 aromatic heterocycles. The van der Waals surface area contributed by atoms with Crippen LogP contribution in [0.15, 0.2) is 43.0 Å². The van der Waals surface area contributed by atoms with E-state index >= 15 is 0 Å². The Kier molecular flexibility index (Phi) is 3.66. The van der Waals surface area contributed by atoms with E-state index in [1.165, 1.54) is 6.92 Å². The molecule has 0 fully saturated rings. The lowest BCUT2D eigenvalue weighted by atomic mass is 10.0. The van der Waals surface area contributed by atoms with Crippen molar-refractivity contribution in [1.82, 2.24) is 0 Å². The number of hydrogen-bond donors (Lipinski definition) is 0. The van der Waals surface area contributed by atoms with Crippen LogP contribution in [0.3, 0.4) is 0 Å². The second kappa shape index (κ2) is 4.77. The smallest absolute Gasteiger partial charge is 0.160 e. The molecule has 1 aromatic rings. The highest BCUT2D eigenvalue weighted by Gasteiger charge is 2.05. The number of benzene rings is 1. The Morgan fingerprint density at radius 3 is 2.36 bits per heavy atom. The maximum Gasteiger partial charge on any atom is 0.160 e. The molecule has 0 bridgehead atoms. The lowest BCUT2D eigenvalue weighted by Crippen LogP contribution is -1.95. The monoisotopic (exact) mass is 206 g/mol. The molecule has 2 heteroatoms. The van der Waals surface area contributed by atoms with Crippen molar-refractivity contribution in [2.24, 2.45) is 0 Å². The van der Waals surface area contributed by atoms with Crippen LogP contribution in [0.1, 0.15) is 12.5 Å². The molecular weight excluding hydrogens is 196 g/mol. The standard InChI is InChI=1S/C12H11ClO/c1-3-4-12(9(2)14)10-5-7-11(13)8-6-10/h3-8H,1H2,2H3/b12-4-. The Labute approximate surface area is 88.7 Å². The molecule has 0 heterocycles. The van der Waals surface area contributed by atoms with Gasteiger partial charge in [0.25, 0.3) is 0 Å². The van der Waals surface area contributed by atoms with Crippen molar-refractivity contribution in [3.63, 3.8) is 0 Å². The fourth-order valence-electron chi connectivity index (χ4n) is 1.16. The Balaban J connectivity index is 3.12. The molecule has 1 rings (SSSR count). The van der Waals surface area contributed by atoms with Gasteiger partial charge in [-0.1, -0.05) is 42.5 Å². The number of halogens is 1. The minimum Gasteiger partial charge on any atom is -0.294 e. The first-order chi connectivity index (χ1) is 6.65. The summed E-state index contributed by atoms with van der Waals surface area (Å²) >= 11 is 5.75. The summed E-state index contributed by atoms with van der Waals surface area (Å²) in [6.07, 6.45) is 3.30. The molecule has 0 saturated carbocycles. The quantitative estimate of drug-likeness (QED) is 0.547. The Morgan fingerprint density at radius 2 is 1.93 bits per heavy atom. The SMILES string of the molecule is C=C/C=C(/C(C)=O)c1ccc(Cl)cc1. The zero-order valence-corrected chi connectivity index (χ0v) is 8.71. The number of ketones is 1. The van der Waals surface area contributed by atoms with Gasteiger partial charge < -0.3 is 0 Å². The fourth-order valence-corrected chi connectivity index (χ4v) is 1.29. The maximum atomic E-state index is 11.3. The van der Waals surface area contributed by atoms with Crippen LogP contribution in [-0.4, -0.2) is 5.78 Å². The van der Waals surface area contributed by atoms with Crippen molar-refractivity contribution in [3.05, 3.63) is 53.6 Å². The van der Waals surface area contributed by atoms with Crippen LogP contribution in [0, 0.1) is 0 Å². The predicted molar refractivity (Wildman–Crippen MR) is 60.3 cm³/mol. The van der Waals surface area contributed by atoms with E-state index in [0.29, 0.717) is 10.6 Å². The number of carbonyl (C=O) groups excluding carboxylic acids is 1. The van der Waals surface area contributed by atoms with Crippen molar-refractivity contribution >= 4 is 23.0 Å². The van der Waals surface area contributed by atoms with Crippen LogP contribution in [-0.2, 0) is 4.79 Å². The van der Waals surface area contributed by atoms with Crippen molar-refractivity contribution < 1.29 is 4.79 Å². The minimum absolute atomic E-state index is 0.0206. The Morgan fingerprint density at radius 1 is 1.36 bits per heavy atom. The molecule has 1 nitrogen and oxygen atoms in total. The van der Waals surface area contributed by atoms with Crippen molar-refractivity contribution in [2.75, 3.05) is 0 Å². The number of carbonyl (C=O) groups is 1. The maximum absolute atomic E-state index is 11.3. The van der Waals surface area contributed by atoms with E-state index < -0.39 is 0 Å². The summed E-state index contributed by atoms with van der Waals surface area (Å²) in [4.78, 5) is 11.3. The summed E-state index contributed by atoms with van der Waals surface area (Å²) in [6, 6.07) is 7.16. The van der Waals surface area contributed by atoms with E-state index in [9.17, 15) is 4.79 Å². The molecule has 0 atom stereocenters. The molecule has 0 amide bonds. The third-order valence-electron chi connectivity index (χ3n) is 1.82. The van der Waals surface area contributed by atoms with E-state index in [4.69, 9.17) is 11.6 Å². The van der Waals surface area contributed by atoms with Crippen LogP contribution in [0.2, 0.25) is 5.02 Å². The first-order valence-electron chi connectivity index (χ1n) is 4.24. The molecule has 0 spiro atoms. The lowest BCUT2D eigenvalue weighted by molar-refractivity contribution is -0.111. The van der Waals surface area contributed by atoms with Gasteiger partial charge in [0.1, 0.15) is 0 Å². The zero-order chi connectivity index (χ0) is 10.6. The van der Waals surface area contributed by atoms with E-state index in [1.54, 1.807) is 24.3 Å². The molecule has 0 aliphatic heterocycles. The first kappa shape index (κ1) is 10.7. The van der Waals surface area contributed by atoms with Gasteiger partial charge in [0.2, 0.25) is 0 Å². The second-order valence-electron chi connectivity index (χ2n) is 2.88. The van der Waals surface area contributed by atoms with Crippen LogP contribution >= 0.6 is 11.6 Å². The van der Waals surface area contributed by atoms with Gasteiger partial charge in [0, 0.05) is 10.6 Å². The van der Waals surface area contributed by atoms with Crippen LogP contribution in [0.5, 0.6) is 0 Å². The summed E-state index contributed by atoms with van der Waals surface area (Å²) in [6.45, 7) is 5.10. The predicted octanol–water partition coefficient (Wildman–Crippen LogP) is 3.50. The topological polar surface area (TPSA) is 17.1 Å². The number of Topliss-reactive ketones (excluding diaryl/α,β-unsaturated/α-hetero) is 1. The number of allylic oxidation sites excluding steroid dienone is 3. The highest BCUT2D eigenvalue weighted by molar-refractivity contribution is 6.30. The highest BCUT2D eigenvalue weighted by Crippen LogP contribution is 2.18. The molecule has 72 valence electrons. The van der Waals surface area contributed by atoms with Crippen molar-refractivity contribution in [3.8, 4) is 0 Å². The van der Waals surface area contributed by atoms with Gasteiger partial charge in [0.15, 0.2) is 5.78 Å². The number of rotatable bonds is 3. The highest BCUT2D eigenvalue weighted by atomic mass is 35.5. The summed E-state index contributed by atoms with van der Waals surface area (Å²) < 4.78 is 0. The van der Waals surface area contributed by atoms with Crippen molar-refractivity contribution in [1.29, 1.82) is 0 Å². The lowest BCUT2D eigenvalue weighted by Gasteiger charge is -2.02. The van der Waals surface area contributed by atoms with E-state index in [0.717, 1.165) is 5.56 Å². The van der Waals surface area contributed by atoms with Crippen LogP contribution in [0.4, 0.5) is 0 Å². The van der Waals surface area contributed by atoms with Gasteiger partial charge in [-0.25, -0.2) is 0 Å². The minimum atomic E-state index is 0.0206. The molecule has 0 N–H and O–H groups in total. The summed E-state index contributed by atoms with van der Waals surface area (Å²) in [5.41, 5.74) is 1.51. The van der Waals surface area contributed by atoms with E-state index in [2.05, 4.69) is 6.58 Å². The average Bonchev–Trinajstić information content (AvgIpc) is 2.15. The van der Waals surface area contributed by atoms with Gasteiger partial charge in [-0.3, -0.25) is 4.79 Å². The zero-order valence-electron chi connectivity index (χ0n) is 7.96. The first-order valence-corrected chi connectivity index (χ1v) is 4.62. The van der Waals surface area contributed by atoms with E-state index in [1.807, 2.05) is 12.1 Å². The molecular formula is C12H11ClO. The van der Waals surface area contributed by atoms with Gasteiger partial charge in [-0.15, -0.1) is 0 Å². The van der Waals surface area contributed by atoms with Crippen LogP contribution < -0.4 is 0 Å². The third kappa shape index (κ3) is 2.57. The van der Waals surface area contributed by atoms with Gasteiger partial charge in [-0.2, -0.15) is 0 Å². The van der Waals surface area contributed by atoms with Gasteiger partial charge in [-0.05, 0) is 24.6 Å². The Hall–Kier alpha value is -1.34. The summed E-state index contributed by atoms with van der Waals surface area (Å²) in [5.74, 6) is 0.0206. The molecule has 1 aromatic carbocycles. The summed E-state index contributed by atoms with van der Waals surface area (Å²) in [7, 11) is 0. The molecule has 0 aliphatic rings. The molecule has 0 saturated heterocycles. The second-order valence-corrected chi connectivity index (χ2v) is 3.32. The average molecular weight is 207 g/mol. The van der Waals surface area contributed by atoms with Crippen LogP contribution in [0.25, 0.3) is 5.57 Å². The normalized spacial score (nSPS) is 11.1. The largest absolute Gasteiger partial charge is 0.294 e. The molecule has 0 unspecified atom stereocenters. The Bertz CT molecular complexity index is 374. The third-order valence-corrected chi connectivity index (χ3v) is 2.07. The van der Waals surface area contributed by atoms with Crippen molar-refractivity contribution in [2.45, 2.75) is 6.92 Å². The molecule has 0 radical (unpaired) electrons. The molecule has 14 heavy (non-hydrogen) atoms.